The van der Waals surface area contributed by atoms with Gasteiger partial charge >= 0.3 is 0 Å². The van der Waals surface area contributed by atoms with Crippen molar-refractivity contribution in [2.24, 2.45) is 0 Å². The van der Waals surface area contributed by atoms with Gasteiger partial charge in [-0.25, -0.2) is 5.01 Å². The van der Waals surface area contributed by atoms with Crippen LogP contribution >= 0.6 is 12.2 Å². The van der Waals surface area contributed by atoms with Gasteiger partial charge in [-0.15, -0.1) is 0 Å². The van der Waals surface area contributed by atoms with Gasteiger partial charge in [-0.05, 0) is 4.58 Å². The molecule has 1 heterocycles. The average molecular weight is 181 g/mol. The second kappa shape index (κ2) is 4.88. The zero-order chi connectivity index (χ0) is 8.10. The first-order valence-electron chi connectivity index (χ1n) is 3.22. The number of nitrogens with zero attached hydrogens (tertiary/aromatic N) is 2. The van der Waals surface area contributed by atoms with Crippen LogP contribution in [0, 0.1) is 0 Å². The van der Waals surface area contributed by atoms with E-state index in [0.717, 1.165) is 0 Å². The summed E-state index contributed by atoms with van der Waals surface area (Å²) in [6.45, 7) is 2.66. The molecule has 1 saturated heterocycles. The van der Waals surface area contributed by atoms with Crippen molar-refractivity contribution in [1.29, 1.82) is 0 Å². The molecule has 1 aliphatic heterocycles. The van der Waals surface area contributed by atoms with E-state index >= 15 is 0 Å². The van der Waals surface area contributed by atoms with Crippen LogP contribution in [0.25, 0.3) is 0 Å². The summed E-state index contributed by atoms with van der Waals surface area (Å²) >= 11 is 0.214. The van der Waals surface area contributed by atoms with Crippen LogP contribution in [0.4, 0.5) is 0 Å². The Hall–Kier alpha value is 0.110. The van der Waals surface area contributed by atoms with Crippen LogP contribution in [0.5, 0.6) is 0 Å². The van der Waals surface area contributed by atoms with Gasteiger partial charge in [0.2, 0.25) is 0 Å². The van der Waals surface area contributed by atoms with Crippen LogP contribution in [0.1, 0.15) is 0 Å². The fraction of sp³-hybridized carbons (Fsp3) is 1.00. The number of hydrogen-bond acceptors (Lipinski definition) is 7. The molecule has 7 heteroatoms. The van der Waals surface area contributed by atoms with Crippen molar-refractivity contribution >= 4 is 12.2 Å². The SMILES string of the molecule is OSN(O)NN1CCOCC1. The van der Waals surface area contributed by atoms with Crippen molar-refractivity contribution in [2.45, 2.75) is 0 Å². The Morgan fingerprint density at radius 1 is 1.45 bits per heavy atom. The lowest BCUT2D eigenvalue weighted by Crippen LogP contribution is -2.50. The molecule has 0 aromatic rings. The van der Waals surface area contributed by atoms with Gasteiger partial charge in [-0.2, -0.15) is 5.53 Å². The standard InChI is InChI=1S/C4H11N3O3S/c8-7(11-9)5-6-1-3-10-4-2-6/h5,8-9H,1-4H2. The molecular formula is C4H11N3O3S. The van der Waals surface area contributed by atoms with Crippen LogP contribution in [0.3, 0.4) is 0 Å². The lowest BCUT2D eigenvalue weighted by molar-refractivity contribution is -0.128. The van der Waals surface area contributed by atoms with Crippen molar-refractivity contribution in [3.05, 3.63) is 0 Å². The highest BCUT2D eigenvalue weighted by molar-refractivity contribution is 7.91. The van der Waals surface area contributed by atoms with E-state index in [1.165, 1.54) is 0 Å². The molecule has 0 amide bonds. The Balaban J connectivity index is 2.13. The van der Waals surface area contributed by atoms with Gasteiger partial charge in [0.1, 0.15) is 12.2 Å². The molecule has 0 radical (unpaired) electrons. The highest BCUT2D eigenvalue weighted by atomic mass is 32.2. The summed E-state index contributed by atoms with van der Waals surface area (Å²) in [7, 11) is 0. The number of rotatable bonds is 3. The van der Waals surface area contributed by atoms with E-state index in [4.69, 9.17) is 14.5 Å². The first-order chi connectivity index (χ1) is 5.33. The molecule has 0 spiro atoms. The fourth-order valence-electron chi connectivity index (χ4n) is 0.803. The number of ether oxygens (including phenoxy) is 1. The van der Waals surface area contributed by atoms with Crippen molar-refractivity contribution in [1.82, 2.24) is 15.1 Å². The molecule has 0 aromatic carbocycles. The maximum Gasteiger partial charge on any atom is 0.124 e. The smallest absolute Gasteiger partial charge is 0.124 e. The number of hydrazine groups is 2. The molecule has 0 bridgehead atoms. The summed E-state index contributed by atoms with van der Waals surface area (Å²) in [6.07, 6.45) is 0. The molecule has 1 rings (SSSR count). The highest BCUT2D eigenvalue weighted by Crippen LogP contribution is 1.98. The van der Waals surface area contributed by atoms with E-state index in [1.807, 2.05) is 0 Å². The molecule has 11 heavy (non-hydrogen) atoms. The fourth-order valence-corrected chi connectivity index (χ4v) is 0.955. The van der Waals surface area contributed by atoms with Gasteiger partial charge in [-0.1, -0.05) is 0 Å². The zero-order valence-corrected chi connectivity index (χ0v) is 6.75. The minimum Gasteiger partial charge on any atom is -0.379 e. The minimum atomic E-state index is 0.214. The molecule has 0 aliphatic carbocycles. The first-order valence-corrected chi connectivity index (χ1v) is 3.95. The number of morpholine rings is 1. The molecule has 3 N–H and O–H groups in total. The van der Waals surface area contributed by atoms with Crippen LogP contribution in [0.2, 0.25) is 0 Å². The third kappa shape index (κ3) is 3.34. The molecule has 0 atom stereocenters. The van der Waals surface area contributed by atoms with E-state index in [2.05, 4.69) is 5.53 Å². The van der Waals surface area contributed by atoms with Crippen molar-refractivity contribution in [3.8, 4) is 0 Å². The third-order valence-corrected chi connectivity index (χ3v) is 1.55. The Labute approximate surface area is 69.0 Å². The van der Waals surface area contributed by atoms with Crippen LogP contribution in [-0.4, -0.2) is 45.6 Å². The van der Waals surface area contributed by atoms with Crippen LogP contribution in [0.15, 0.2) is 0 Å². The molecule has 0 unspecified atom stereocenters. The van der Waals surface area contributed by atoms with E-state index in [-0.39, 0.29) is 12.2 Å². The zero-order valence-electron chi connectivity index (χ0n) is 5.93. The second-order valence-corrected chi connectivity index (χ2v) is 2.56. The largest absolute Gasteiger partial charge is 0.379 e. The van der Waals surface area contributed by atoms with E-state index in [0.29, 0.717) is 30.9 Å². The van der Waals surface area contributed by atoms with Crippen molar-refractivity contribution in [3.63, 3.8) is 0 Å². The van der Waals surface area contributed by atoms with E-state index in [1.54, 1.807) is 5.01 Å². The molecular weight excluding hydrogens is 170 g/mol. The predicted octanol–water partition coefficient (Wildman–Crippen LogP) is -0.449. The average Bonchev–Trinajstić information content (AvgIpc) is 2.06. The van der Waals surface area contributed by atoms with E-state index < -0.39 is 0 Å². The molecule has 6 nitrogen and oxygen atoms in total. The van der Waals surface area contributed by atoms with Crippen molar-refractivity contribution < 1.29 is 14.5 Å². The Morgan fingerprint density at radius 2 is 2.09 bits per heavy atom. The molecule has 0 aromatic heterocycles. The summed E-state index contributed by atoms with van der Waals surface area (Å²) in [5, 5.41) is 10.5. The lowest BCUT2D eigenvalue weighted by Gasteiger charge is -2.28. The number of hydrogen-bond donors (Lipinski definition) is 3. The summed E-state index contributed by atoms with van der Waals surface area (Å²) < 4.78 is 13.9. The summed E-state index contributed by atoms with van der Waals surface area (Å²) in [5.41, 5.74) is 2.52. The maximum atomic E-state index is 8.76. The summed E-state index contributed by atoms with van der Waals surface area (Å²) in [4.78, 5) is 0. The minimum absolute atomic E-state index is 0.214. The topological polar surface area (TPSA) is 68.2 Å². The Kier molecular flexibility index (Phi) is 4.08. The summed E-state index contributed by atoms with van der Waals surface area (Å²) in [5.74, 6) is 0. The van der Waals surface area contributed by atoms with Gasteiger partial charge in [0.25, 0.3) is 0 Å². The van der Waals surface area contributed by atoms with Gasteiger partial charge < -0.3 is 9.29 Å². The molecule has 0 saturated carbocycles. The molecule has 1 aliphatic rings. The monoisotopic (exact) mass is 181 g/mol. The quantitative estimate of drug-likeness (QED) is 0.309. The third-order valence-electron chi connectivity index (χ3n) is 1.32. The first kappa shape index (κ1) is 9.20. The van der Waals surface area contributed by atoms with Gasteiger partial charge in [0.05, 0.1) is 13.2 Å². The van der Waals surface area contributed by atoms with Crippen molar-refractivity contribution in [2.75, 3.05) is 26.3 Å². The van der Waals surface area contributed by atoms with E-state index in [9.17, 15) is 0 Å². The summed E-state index contributed by atoms with van der Waals surface area (Å²) in [6, 6.07) is 0. The highest BCUT2D eigenvalue weighted by Gasteiger charge is 2.11. The van der Waals surface area contributed by atoms with Gasteiger partial charge in [0.15, 0.2) is 0 Å². The van der Waals surface area contributed by atoms with Gasteiger partial charge in [0, 0.05) is 13.1 Å². The maximum absolute atomic E-state index is 8.76. The number of nitrogens with one attached hydrogen (secondary N) is 1. The molecule has 1 fully saturated rings. The predicted molar refractivity (Wildman–Crippen MR) is 39.4 cm³/mol. The normalized spacial score (nSPS) is 21.0. The molecule has 66 valence electrons. The second-order valence-electron chi connectivity index (χ2n) is 2.05. The Bertz CT molecular complexity index is 111. The van der Waals surface area contributed by atoms with Crippen LogP contribution < -0.4 is 5.53 Å². The van der Waals surface area contributed by atoms with Gasteiger partial charge in [-0.3, -0.25) is 5.21 Å². The van der Waals surface area contributed by atoms with Crippen LogP contribution in [-0.2, 0) is 4.74 Å². The Morgan fingerprint density at radius 3 is 2.64 bits per heavy atom. The lowest BCUT2D eigenvalue weighted by atomic mass is 10.5.